The summed E-state index contributed by atoms with van der Waals surface area (Å²) in [6.45, 7) is 13.5. The van der Waals surface area contributed by atoms with Crippen LogP contribution in [0.25, 0.3) is 11.3 Å². The molecule has 1 aliphatic heterocycles. The minimum absolute atomic E-state index is 0.0930. The summed E-state index contributed by atoms with van der Waals surface area (Å²) in [6, 6.07) is 11.5. The van der Waals surface area contributed by atoms with Crippen LogP contribution in [0.1, 0.15) is 68.9 Å². The number of benzene rings is 2. The Morgan fingerprint density at radius 1 is 1.08 bits per heavy atom. The van der Waals surface area contributed by atoms with Crippen LogP contribution in [-0.4, -0.2) is 39.5 Å². The molecule has 0 bridgehead atoms. The van der Waals surface area contributed by atoms with Gasteiger partial charge in [0.05, 0.1) is 18.4 Å². The van der Waals surface area contributed by atoms with Gasteiger partial charge in [0, 0.05) is 46.4 Å². The molecule has 1 atom stereocenters. The third kappa shape index (κ3) is 6.50. The topological polar surface area (TPSA) is 105 Å². The first-order valence-corrected chi connectivity index (χ1v) is 14.4. The number of carbonyl (C=O) groups excluding carboxylic acids is 1. The van der Waals surface area contributed by atoms with Crippen LogP contribution in [0.3, 0.4) is 0 Å². The Morgan fingerprint density at radius 3 is 2.23 bits per heavy atom. The maximum atomic E-state index is 13.1. The highest BCUT2D eigenvalue weighted by molar-refractivity contribution is 7.93. The van der Waals surface area contributed by atoms with Crippen molar-refractivity contribution in [3.63, 3.8) is 0 Å². The number of hydrogen-bond donors (Lipinski definition) is 4. The van der Waals surface area contributed by atoms with Gasteiger partial charge >= 0.3 is 0 Å². The highest BCUT2D eigenvalue weighted by Gasteiger charge is 2.27. The van der Waals surface area contributed by atoms with Gasteiger partial charge in [0.2, 0.25) is 0 Å². The SMILES string of the molecule is CN(Cc1ncc(-c2cc(C(C)(C)C)c(O)c(C(C)(C)C)c2)[nH]1)C(=O)c1ccc(NCC2=CC=CS2=N)cc1. The van der Waals surface area contributed by atoms with Crippen LogP contribution in [-0.2, 0) is 28.1 Å². The van der Waals surface area contributed by atoms with Gasteiger partial charge in [-0.05, 0) is 58.7 Å². The average Bonchev–Trinajstić information content (AvgIpc) is 3.50. The predicted molar refractivity (Wildman–Crippen MR) is 161 cm³/mol. The molecule has 1 aromatic heterocycles. The third-order valence-corrected chi connectivity index (χ3v) is 8.05. The van der Waals surface area contributed by atoms with Gasteiger partial charge in [0.15, 0.2) is 0 Å². The fraction of sp³-hybridized carbons (Fsp3) is 0.355. The van der Waals surface area contributed by atoms with E-state index in [1.54, 1.807) is 18.1 Å². The molecule has 0 aliphatic carbocycles. The van der Waals surface area contributed by atoms with Crippen molar-refractivity contribution in [3.05, 3.63) is 87.6 Å². The lowest BCUT2D eigenvalue weighted by atomic mass is 9.78. The van der Waals surface area contributed by atoms with Gasteiger partial charge in [0.1, 0.15) is 11.6 Å². The zero-order chi connectivity index (χ0) is 28.5. The van der Waals surface area contributed by atoms with E-state index in [1.165, 1.54) is 0 Å². The summed E-state index contributed by atoms with van der Waals surface area (Å²) < 4.78 is 7.98. The van der Waals surface area contributed by atoms with E-state index in [4.69, 9.17) is 4.78 Å². The fourth-order valence-corrected chi connectivity index (χ4v) is 5.35. The van der Waals surface area contributed by atoms with Gasteiger partial charge in [-0.1, -0.05) is 58.3 Å². The molecule has 4 rings (SSSR count). The molecule has 0 radical (unpaired) electrons. The Labute approximate surface area is 234 Å². The van der Waals surface area contributed by atoms with Crippen molar-refractivity contribution < 1.29 is 9.90 Å². The number of aromatic hydroxyl groups is 1. The fourth-order valence-electron chi connectivity index (χ4n) is 4.48. The van der Waals surface area contributed by atoms with Crippen LogP contribution in [0.2, 0.25) is 0 Å². The Kier molecular flexibility index (Phi) is 7.89. The number of phenols is 1. The molecule has 206 valence electrons. The number of imidazole rings is 1. The lowest BCUT2D eigenvalue weighted by Crippen LogP contribution is -2.26. The quantitative estimate of drug-likeness (QED) is 0.260. The van der Waals surface area contributed by atoms with E-state index in [0.717, 1.165) is 33.0 Å². The van der Waals surface area contributed by atoms with Gasteiger partial charge in [0.25, 0.3) is 5.91 Å². The van der Waals surface area contributed by atoms with E-state index >= 15 is 0 Å². The van der Waals surface area contributed by atoms with E-state index in [0.29, 0.717) is 30.2 Å². The first kappa shape index (κ1) is 28.4. The highest BCUT2D eigenvalue weighted by Crippen LogP contribution is 2.41. The van der Waals surface area contributed by atoms with Crippen LogP contribution in [0.15, 0.2) is 65.1 Å². The molecule has 8 heteroatoms. The molecular formula is C31H39N5O2S. The number of aromatic nitrogens is 2. The summed E-state index contributed by atoms with van der Waals surface area (Å²) in [5, 5.41) is 16.3. The van der Waals surface area contributed by atoms with Crippen molar-refractivity contribution in [3.8, 4) is 17.0 Å². The predicted octanol–water partition coefficient (Wildman–Crippen LogP) is 6.85. The molecule has 0 saturated carbocycles. The first-order chi connectivity index (χ1) is 18.2. The van der Waals surface area contributed by atoms with Crippen LogP contribution < -0.4 is 5.32 Å². The summed E-state index contributed by atoms with van der Waals surface area (Å²) >= 11 is 0. The molecule has 39 heavy (non-hydrogen) atoms. The number of rotatable bonds is 7. The van der Waals surface area contributed by atoms with Gasteiger partial charge in [-0.2, -0.15) is 0 Å². The second kappa shape index (κ2) is 10.8. The molecule has 1 unspecified atom stereocenters. The number of phenolic OH excluding ortho intramolecular Hbond substituents is 1. The number of nitrogens with one attached hydrogen (secondary N) is 3. The second-order valence-electron chi connectivity index (χ2n) is 12.1. The molecule has 7 nitrogen and oxygen atoms in total. The van der Waals surface area contributed by atoms with E-state index in [2.05, 4.69) is 56.8 Å². The summed E-state index contributed by atoms with van der Waals surface area (Å²) in [5.41, 5.74) is 4.64. The molecule has 1 aliphatic rings. The molecule has 3 aromatic rings. The van der Waals surface area contributed by atoms with Gasteiger partial charge < -0.3 is 20.3 Å². The summed E-state index contributed by atoms with van der Waals surface area (Å²) in [5.74, 6) is 0.939. The smallest absolute Gasteiger partial charge is 0.254 e. The van der Waals surface area contributed by atoms with Gasteiger partial charge in [-0.3, -0.25) is 9.57 Å². The van der Waals surface area contributed by atoms with E-state index in [1.807, 2.05) is 54.0 Å². The van der Waals surface area contributed by atoms with E-state index < -0.39 is 10.7 Å². The zero-order valence-electron chi connectivity index (χ0n) is 23.8. The minimum atomic E-state index is -0.557. The van der Waals surface area contributed by atoms with Gasteiger partial charge in [-0.15, -0.1) is 0 Å². The van der Waals surface area contributed by atoms with Crippen molar-refractivity contribution in [2.75, 3.05) is 18.9 Å². The molecule has 2 heterocycles. The third-order valence-electron chi connectivity index (χ3n) is 6.78. The Hall–Kier alpha value is -3.65. The van der Waals surface area contributed by atoms with Crippen molar-refractivity contribution in [1.82, 2.24) is 14.9 Å². The standard InChI is InChI=1S/C31H39N5O2S/c1-30(2,3)24-15-21(16-25(28(24)37)31(4,5)6)26-18-34-27(35-26)19-36(7)29(38)20-10-12-22(13-11-20)33-17-23-9-8-14-39(23)32/h8-16,18,32-33,37H,17,19H2,1-7H3,(H,34,35). The molecule has 0 fully saturated rings. The number of amides is 1. The number of allylic oxidation sites excluding steroid dienone is 2. The maximum Gasteiger partial charge on any atom is 0.254 e. The van der Waals surface area contributed by atoms with Crippen LogP contribution in [0, 0.1) is 4.78 Å². The number of hydrogen-bond acceptors (Lipinski definition) is 5. The lowest BCUT2D eigenvalue weighted by molar-refractivity contribution is 0.0782. The van der Waals surface area contributed by atoms with Crippen molar-refractivity contribution in [2.45, 2.75) is 58.9 Å². The average molecular weight is 546 g/mol. The number of carbonyl (C=O) groups is 1. The molecule has 2 aromatic carbocycles. The van der Waals surface area contributed by atoms with Gasteiger partial charge in [-0.25, -0.2) is 4.98 Å². The maximum absolute atomic E-state index is 13.1. The molecule has 4 N–H and O–H groups in total. The first-order valence-electron chi connectivity index (χ1n) is 13.1. The second-order valence-corrected chi connectivity index (χ2v) is 13.5. The molecular weight excluding hydrogens is 506 g/mol. The molecule has 0 saturated heterocycles. The van der Waals surface area contributed by atoms with E-state index in [-0.39, 0.29) is 16.7 Å². The summed E-state index contributed by atoms with van der Waals surface area (Å²) in [6.07, 6.45) is 5.69. The van der Waals surface area contributed by atoms with E-state index in [9.17, 15) is 9.90 Å². The number of nitrogens with zero attached hydrogens (tertiary/aromatic N) is 2. The lowest BCUT2D eigenvalue weighted by Gasteiger charge is -2.28. The number of aromatic amines is 1. The largest absolute Gasteiger partial charge is 0.507 e. The number of H-pyrrole nitrogens is 1. The number of anilines is 1. The molecule has 1 amide bonds. The zero-order valence-corrected chi connectivity index (χ0v) is 24.7. The minimum Gasteiger partial charge on any atom is -0.507 e. The van der Waals surface area contributed by atoms with Crippen LogP contribution in [0.5, 0.6) is 5.75 Å². The summed E-state index contributed by atoms with van der Waals surface area (Å²) in [7, 11) is 1.21. The monoisotopic (exact) mass is 545 g/mol. The molecule has 0 spiro atoms. The summed E-state index contributed by atoms with van der Waals surface area (Å²) in [4.78, 5) is 23.7. The normalized spacial score (nSPS) is 15.4. The van der Waals surface area contributed by atoms with Crippen molar-refractivity contribution in [1.29, 1.82) is 4.78 Å². The Bertz CT molecular complexity index is 1420. The Balaban J connectivity index is 1.46. The van der Waals surface area contributed by atoms with Crippen molar-refractivity contribution in [2.24, 2.45) is 0 Å². The van der Waals surface area contributed by atoms with Crippen LogP contribution in [0.4, 0.5) is 5.69 Å². The van der Waals surface area contributed by atoms with Crippen LogP contribution >= 0.6 is 0 Å². The van der Waals surface area contributed by atoms with Crippen molar-refractivity contribution >= 4 is 22.3 Å². The highest BCUT2D eigenvalue weighted by atomic mass is 32.2. The Morgan fingerprint density at radius 2 is 1.69 bits per heavy atom.